The molecule has 1 rings (SSSR count). The number of nitrogens with one attached hydrogen (secondary N) is 2. The number of rotatable bonds is 5. The lowest BCUT2D eigenvalue weighted by molar-refractivity contribution is 0.0697. The van der Waals surface area contributed by atoms with Crippen molar-refractivity contribution in [2.75, 3.05) is 25.5 Å². The lowest BCUT2D eigenvalue weighted by Gasteiger charge is -2.05. The van der Waals surface area contributed by atoms with E-state index in [2.05, 4.69) is 10.6 Å². The van der Waals surface area contributed by atoms with Crippen LogP contribution in [-0.4, -0.2) is 31.2 Å². The molecule has 14 heavy (non-hydrogen) atoms. The number of hydrogen-bond donors (Lipinski definition) is 3. The molecule has 0 aliphatic heterocycles. The Bertz CT molecular complexity index is 295. The Labute approximate surface area is 82.9 Å². The van der Waals surface area contributed by atoms with Crippen molar-refractivity contribution in [3.8, 4) is 0 Å². The normalized spacial score (nSPS) is 9.79. The van der Waals surface area contributed by atoms with E-state index in [-0.39, 0.29) is 0 Å². The molecule has 76 valence electrons. The van der Waals surface area contributed by atoms with Crippen LogP contribution in [0, 0.1) is 0 Å². The summed E-state index contributed by atoms with van der Waals surface area (Å²) in [6.07, 6.45) is 0. The smallest absolute Gasteiger partial charge is 0.335 e. The zero-order chi connectivity index (χ0) is 10.4. The van der Waals surface area contributed by atoms with Crippen molar-refractivity contribution in [1.29, 1.82) is 0 Å². The number of likely N-dealkylation sites (N-methyl/N-ethyl adjacent to an activating group) is 1. The summed E-state index contributed by atoms with van der Waals surface area (Å²) in [6.45, 7) is 1.70. The fourth-order valence-electron chi connectivity index (χ4n) is 1.06. The van der Waals surface area contributed by atoms with Gasteiger partial charge in [0.1, 0.15) is 0 Å². The second-order valence-electron chi connectivity index (χ2n) is 2.91. The van der Waals surface area contributed by atoms with E-state index in [1.165, 1.54) is 0 Å². The van der Waals surface area contributed by atoms with Gasteiger partial charge in [-0.15, -0.1) is 0 Å². The summed E-state index contributed by atoms with van der Waals surface area (Å²) in [5.41, 5.74) is 1.24. The van der Waals surface area contributed by atoms with Crippen molar-refractivity contribution in [2.24, 2.45) is 0 Å². The van der Waals surface area contributed by atoms with Gasteiger partial charge in [0.05, 0.1) is 5.56 Å². The van der Waals surface area contributed by atoms with Crippen molar-refractivity contribution < 1.29 is 9.90 Å². The Kier molecular flexibility index (Phi) is 3.94. The van der Waals surface area contributed by atoms with Gasteiger partial charge in [0.2, 0.25) is 0 Å². The fourth-order valence-corrected chi connectivity index (χ4v) is 1.06. The number of carboxylic acids is 1. The van der Waals surface area contributed by atoms with Crippen molar-refractivity contribution in [2.45, 2.75) is 0 Å². The first-order chi connectivity index (χ1) is 6.74. The molecule has 0 bridgehead atoms. The van der Waals surface area contributed by atoms with E-state index in [9.17, 15) is 4.79 Å². The van der Waals surface area contributed by atoms with Crippen LogP contribution >= 0.6 is 0 Å². The van der Waals surface area contributed by atoms with Crippen LogP contribution < -0.4 is 10.6 Å². The largest absolute Gasteiger partial charge is 0.478 e. The van der Waals surface area contributed by atoms with Gasteiger partial charge >= 0.3 is 5.97 Å². The summed E-state index contributed by atoms with van der Waals surface area (Å²) in [5, 5.41) is 14.8. The predicted molar refractivity (Wildman–Crippen MR) is 55.8 cm³/mol. The van der Waals surface area contributed by atoms with E-state index >= 15 is 0 Å². The lowest BCUT2D eigenvalue weighted by Crippen LogP contribution is -2.17. The molecule has 0 fully saturated rings. The summed E-state index contributed by atoms with van der Waals surface area (Å²) in [5.74, 6) is -0.897. The summed E-state index contributed by atoms with van der Waals surface area (Å²) in [4.78, 5) is 10.5. The van der Waals surface area contributed by atoms with Gasteiger partial charge in [-0.3, -0.25) is 0 Å². The van der Waals surface area contributed by atoms with Gasteiger partial charge in [-0.1, -0.05) is 0 Å². The monoisotopic (exact) mass is 194 g/mol. The van der Waals surface area contributed by atoms with Crippen LogP contribution in [-0.2, 0) is 0 Å². The molecule has 0 saturated carbocycles. The standard InChI is InChI=1S/C10H14N2O2/c1-11-6-7-12-9-4-2-8(3-5-9)10(13)14/h2-5,11-12H,6-7H2,1H3,(H,13,14). The van der Waals surface area contributed by atoms with Gasteiger partial charge in [0.15, 0.2) is 0 Å². The molecule has 3 N–H and O–H groups in total. The first-order valence-corrected chi connectivity index (χ1v) is 4.46. The van der Waals surface area contributed by atoms with Gasteiger partial charge in [0.25, 0.3) is 0 Å². The highest BCUT2D eigenvalue weighted by Crippen LogP contribution is 2.08. The molecule has 0 aliphatic rings. The third-order valence-corrected chi connectivity index (χ3v) is 1.84. The highest BCUT2D eigenvalue weighted by atomic mass is 16.4. The Morgan fingerprint density at radius 3 is 2.43 bits per heavy atom. The molecule has 0 amide bonds. The van der Waals surface area contributed by atoms with Crippen LogP contribution in [0.1, 0.15) is 10.4 Å². The SMILES string of the molecule is CNCCNc1ccc(C(=O)O)cc1. The Balaban J connectivity index is 2.51. The fraction of sp³-hybridized carbons (Fsp3) is 0.300. The number of benzene rings is 1. The summed E-state index contributed by atoms with van der Waals surface area (Å²) < 4.78 is 0. The molecular formula is C10H14N2O2. The molecule has 0 aromatic heterocycles. The molecule has 4 nitrogen and oxygen atoms in total. The first-order valence-electron chi connectivity index (χ1n) is 4.46. The second-order valence-corrected chi connectivity index (χ2v) is 2.91. The van der Waals surface area contributed by atoms with E-state index in [1.54, 1.807) is 24.3 Å². The summed E-state index contributed by atoms with van der Waals surface area (Å²) >= 11 is 0. The zero-order valence-corrected chi connectivity index (χ0v) is 8.08. The van der Waals surface area contributed by atoms with E-state index < -0.39 is 5.97 Å². The third kappa shape index (κ3) is 3.06. The minimum atomic E-state index is -0.897. The number of carboxylic acid groups (broad SMARTS) is 1. The molecule has 0 heterocycles. The minimum absolute atomic E-state index is 0.309. The van der Waals surface area contributed by atoms with Crippen LogP contribution in [0.15, 0.2) is 24.3 Å². The van der Waals surface area contributed by atoms with Gasteiger partial charge in [-0.2, -0.15) is 0 Å². The maximum absolute atomic E-state index is 10.5. The molecule has 0 spiro atoms. The molecular weight excluding hydrogens is 180 g/mol. The molecule has 0 saturated heterocycles. The average Bonchev–Trinajstić information content (AvgIpc) is 2.19. The zero-order valence-electron chi connectivity index (χ0n) is 8.08. The van der Waals surface area contributed by atoms with Crippen LogP contribution in [0.4, 0.5) is 5.69 Å². The molecule has 0 unspecified atom stereocenters. The molecule has 1 aromatic rings. The summed E-state index contributed by atoms with van der Waals surface area (Å²) in [6, 6.07) is 6.70. The van der Waals surface area contributed by atoms with Crippen molar-refractivity contribution in [1.82, 2.24) is 5.32 Å². The molecule has 0 atom stereocenters. The van der Waals surface area contributed by atoms with E-state index in [1.807, 2.05) is 7.05 Å². The van der Waals surface area contributed by atoms with Gasteiger partial charge in [-0.25, -0.2) is 4.79 Å². The Hall–Kier alpha value is -1.55. The van der Waals surface area contributed by atoms with E-state index in [0.717, 1.165) is 18.8 Å². The average molecular weight is 194 g/mol. The van der Waals surface area contributed by atoms with Gasteiger partial charge < -0.3 is 15.7 Å². The first kappa shape index (κ1) is 10.5. The van der Waals surface area contributed by atoms with E-state index in [4.69, 9.17) is 5.11 Å². The Morgan fingerprint density at radius 1 is 1.29 bits per heavy atom. The number of carbonyl (C=O) groups is 1. The van der Waals surface area contributed by atoms with Crippen LogP contribution in [0.3, 0.4) is 0 Å². The number of hydrogen-bond acceptors (Lipinski definition) is 3. The lowest BCUT2D eigenvalue weighted by atomic mass is 10.2. The molecule has 0 aliphatic carbocycles. The predicted octanol–water partition coefficient (Wildman–Crippen LogP) is 1.02. The number of anilines is 1. The van der Waals surface area contributed by atoms with Gasteiger partial charge in [-0.05, 0) is 31.3 Å². The van der Waals surface area contributed by atoms with E-state index in [0.29, 0.717) is 5.56 Å². The van der Waals surface area contributed by atoms with Crippen LogP contribution in [0.25, 0.3) is 0 Å². The topological polar surface area (TPSA) is 61.4 Å². The summed E-state index contributed by atoms with van der Waals surface area (Å²) in [7, 11) is 1.88. The quantitative estimate of drug-likeness (QED) is 0.612. The second kappa shape index (κ2) is 5.24. The third-order valence-electron chi connectivity index (χ3n) is 1.84. The van der Waals surface area contributed by atoms with Crippen molar-refractivity contribution in [3.63, 3.8) is 0 Å². The maximum Gasteiger partial charge on any atom is 0.335 e. The molecule has 0 radical (unpaired) electrons. The highest BCUT2D eigenvalue weighted by Gasteiger charge is 2.00. The Morgan fingerprint density at radius 2 is 1.93 bits per heavy atom. The number of aromatic carboxylic acids is 1. The van der Waals surface area contributed by atoms with Crippen LogP contribution in [0.5, 0.6) is 0 Å². The maximum atomic E-state index is 10.5. The highest BCUT2D eigenvalue weighted by molar-refractivity contribution is 5.87. The van der Waals surface area contributed by atoms with Crippen molar-refractivity contribution in [3.05, 3.63) is 29.8 Å². The van der Waals surface area contributed by atoms with Crippen LogP contribution in [0.2, 0.25) is 0 Å². The molecule has 1 aromatic carbocycles. The van der Waals surface area contributed by atoms with Gasteiger partial charge in [0, 0.05) is 18.8 Å². The molecule has 4 heteroatoms. The minimum Gasteiger partial charge on any atom is -0.478 e. The van der Waals surface area contributed by atoms with Crippen molar-refractivity contribution >= 4 is 11.7 Å².